The largest absolute Gasteiger partial charge is 0.493 e. The lowest BCUT2D eigenvalue weighted by molar-refractivity contribution is -0.136. The number of amides is 2. The summed E-state index contributed by atoms with van der Waals surface area (Å²) in [6.45, 7) is 3.18. The summed E-state index contributed by atoms with van der Waals surface area (Å²) in [5.41, 5.74) is 2.03. The van der Waals surface area contributed by atoms with Crippen molar-refractivity contribution in [3.05, 3.63) is 29.3 Å². The maximum Gasteiger partial charge on any atom is 0.315 e. The number of ether oxygens (including phenoxy) is 1. The van der Waals surface area contributed by atoms with Crippen LogP contribution in [0.5, 0.6) is 5.75 Å². The molecule has 0 aromatic heterocycles. The minimum absolute atomic E-state index is 0.0896. The van der Waals surface area contributed by atoms with E-state index in [1.54, 1.807) is 0 Å². The second-order valence-electron chi connectivity index (χ2n) is 5.62. The molecule has 0 heterocycles. The van der Waals surface area contributed by atoms with E-state index in [-0.39, 0.29) is 19.0 Å². The van der Waals surface area contributed by atoms with Crippen molar-refractivity contribution in [3.8, 4) is 5.75 Å². The number of carbonyl (C=O) groups excluding carboxylic acids is 1. The number of benzene rings is 1. The van der Waals surface area contributed by atoms with Crippen LogP contribution in [0, 0.1) is 12.8 Å². The molecular weight excluding hydrogens is 284 g/mol. The number of rotatable bonds is 8. The van der Waals surface area contributed by atoms with Crippen molar-refractivity contribution in [1.29, 1.82) is 0 Å². The van der Waals surface area contributed by atoms with Crippen LogP contribution in [0.3, 0.4) is 0 Å². The molecule has 2 amide bonds. The molecule has 0 atom stereocenters. The standard InChI is InChI=1S/C16H22N2O4/c1-11-2-5-13(14(8-11)22-10-12-3-4-12)9-18-16(21)17-7-6-15(19)20/h2,5,8,12H,3-4,6-7,9-10H2,1H3,(H,19,20)(H2,17,18,21). The maximum absolute atomic E-state index is 11.6. The fourth-order valence-electron chi connectivity index (χ4n) is 1.96. The first-order valence-electron chi connectivity index (χ1n) is 7.50. The lowest BCUT2D eigenvalue weighted by Gasteiger charge is -2.13. The monoisotopic (exact) mass is 306 g/mol. The van der Waals surface area contributed by atoms with Crippen molar-refractivity contribution in [3.63, 3.8) is 0 Å². The van der Waals surface area contributed by atoms with E-state index in [2.05, 4.69) is 10.6 Å². The zero-order chi connectivity index (χ0) is 15.9. The molecule has 0 unspecified atom stereocenters. The summed E-state index contributed by atoms with van der Waals surface area (Å²) in [6, 6.07) is 5.51. The SMILES string of the molecule is Cc1ccc(CNC(=O)NCCC(=O)O)c(OCC2CC2)c1. The molecule has 3 N–H and O–H groups in total. The Kier molecular flexibility index (Phi) is 5.63. The summed E-state index contributed by atoms with van der Waals surface area (Å²) in [5, 5.41) is 13.7. The van der Waals surface area contributed by atoms with E-state index >= 15 is 0 Å². The predicted octanol–water partition coefficient (Wildman–Crippen LogP) is 2.06. The van der Waals surface area contributed by atoms with Crippen molar-refractivity contribution < 1.29 is 19.4 Å². The van der Waals surface area contributed by atoms with Gasteiger partial charge in [-0.1, -0.05) is 12.1 Å². The van der Waals surface area contributed by atoms with Crippen LogP contribution in [0.25, 0.3) is 0 Å². The van der Waals surface area contributed by atoms with Crippen molar-refractivity contribution in [2.45, 2.75) is 32.7 Å². The summed E-state index contributed by atoms with van der Waals surface area (Å²) in [5.74, 6) is 0.535. The number of aliphatic carboxylic acids is 1. The van der Waals surface area contributed by atoms with Crippen LogP contribution < -0.4 is 15.4 Å². The zero-order valence-corrected chi connectivity index (χ0v) is 12.7. The van der Waals surface area contributed by atoms with Gasteiger partial charge in [-0.05, 0) is 37.3 Å². The van der Waals surface area contributed by atoms with Gasteiger partial charge in [0.1, 0.15) is 5.75 Å². The topological polar surface area (TPSA) is 87.7 Å². The Morgan fingerprint density at radius 3 is 2.77 bits per heavy atom. The molecule has 6 heteroatoms. The van der Waals surface area contributed by atoms with Gasteiger partial charge in [-0.2, -0.15) is 0 Å². The van der Waals surface area contributed by atoms with E-state index in [9.17, 15) is 9.59 Å². The summed E-state index contributed by atoms with van der Waals surface area (Å²) in [4.78, 5) is 22.0. The average Bonchev–Trinajstić information content (AvgIpc) is 3.28. The van der Waals surface area contributed by atoms with Gasteiger partial charge in [0.05, 0.1) is 13.0 Å². The second kappa shape index (κ2) is 7.68. The number of urea groups is 1. The van der Waals surface area contributed by atoms with Gasteiger partial charge in [0, 0.05) is 18.7 Å². The summed E-state index contributed by atoms with van der Waals surface area (Å²) in [7, 11) is 0. The van der Waals surface area contributed by atoms with E-state index in [1.165, 1.54) is 12.8 Å². The van der Waals surface area contributed by atoms with Crippen molar-refractivity contribution in [2.24, 2.45) is 5.92 Å². The predicted molar refractivity (Wildman–Crippen MR) is 81.9 cm³/mol. The molecule has 6 nitrogen and oxygen atoms in total. The number of carbonyl (C=O) groups is 2. The Hall–Kier alpha value is -2.24. The normalized spacial score (nSPS) is 13.5. The Morgan fingerprint density at radius 1 is 1.32 bits per heavy atom. The fraction of sp³-hybridized carbons (Fsp3) is 0.500. The van der Waals surface area contributed by atoms with Crippen molar-refractivity contribution in [1.82, 2.24) is 10.6 Å². The Morgan fingerprint density at radius 2 is 2.09 bits per heavy atom. The number of carboxylic acids is 1. The molecule has 2 rings (SSSR count). The fourth-order valence-corrected chi connectivity index (χ4v) is 1.96. The van der Waals surface area contributed by atoms with Gasteiger partial charge in [-0.3, -0.25) is 4.79 Å². The van der Waals surface area contributed by atoms with E-state index in [0.29, 0.717) is 12.5 Å². The van der Waals surface area contributed by atoms with Gasteiger partial charge in [-0.25, -0.2) is 4.79 Å². The number of nitrogens with one attached hydrogen (secondary N) is 2. The Bertz CT molecular complexity index is 541. The van der Waals surface area contributed by atoms with Gasteiger partial charge in [0.25, 0.3) is 0 Å². The molecule has 22 heavy (non-hydrogen) atoms. The Balaban J connectivity index is 1.82. The first kappa shape index (κ1) is 16.1. The van der Waals surface area contributed by atoms with Gasteiger partial charge in [0.15, 0.2) is 0 Å². The molecule has 1 aliphatic carbocycles. The number of hydrogen-bond acceptors (Lipinski definition) is 3. The zero-order valence-electron chi connectivity index (χ0n) is 12.7. The molecule has 1 fully saturated rings. The van der Waals surface area contributed by atoms with Gasteiger partial charge in [-0.15, -0.1) is 0 Å². The highest BCUT2D eigenvalue weighted by molar-refractivity contribution is 5.75. The molecule has 1 aromatic rings. The van der Waals surface area contributed by atoms with Crippen LogP contribution in [-0.2, 0) is 11.3 Å². The summed E-state index contributed by atoms with van der Waals surface area (Å²) >= 11 is 0. The van der Waals surface area contributed by atoms with Crippen LogP contribution in [0.4, 0.5) is 4.79 Å². The van der Waals surface area contributed by atoms with Gasteiger partial charge >= 0.3 is 12.0 Å². The third-order valence-corrected chi connectivity index (χ3v) is 3.46. The molecule has 1 aromatic carbocycles. The quantitative estimate of drug-likeness (QED) is 0.686. The van der Waals surface area contributed by atoms with E-state index < -0.39 is 5.97 Å². The first-order valence-corrected chi connectivity index (χ1v) is 7.50. The van der Waals surface area contributed by atoms with Crippen LogP contribution >= 0.6 is 0 Å². The summed E-state index contributed by atoms with van der Waals surface area (Å²) in [6.07, 6.45) is 2.37. The van der Waals surface area contributed by atoms with Crippen LogP contribution in [0.1, 0.15) is 30.4 Å². The van der Waals surface area contributed by atoms with E-state index in [0.717, 1.165) is 23.5 Å². The smallest absolute Gasteiger partial charge is 0.315 e. The maximum atomic E-state index is 11.6. The molecule has 0 aliphatic heterocycles. The molecule has 0 spiro atoms. The van der Waals surface area contributed by atoms with Crippen molar-refractivity contribution in [2.75, 3.05) is 13.2 Å². The van der Waals surface area contributed by atoms with Gasteiger partial charge in [0.2, 0.25) is 0 Å². The van der Waals surface area contributed by atoms with Crippen molar-refractivity contribution >= 4 is 12.0 Å². The van der Waals surface area contributed by atoms with E-state index in [4.69, 9.17) is 9.84 Å². The number of carboxylic acid groups (broad SMARTS) is 1. The highest BCUT2D eigenvalue weighted by Crippen LogP contribution is 2.30. The van der Waals surface area contributed by atoms with Gasteiger partial charge < -0.3 is 20.5 Å². The van der Waals surface area contributed by atoms with Crippen LogP contribution in [0.2, 0.25) is 0 Å². The minimum Gasteiger partial charge on any atom is -0.493 e. The molecule has 1 saturated carbocycles. The molecule has 1 aliphatic rings. The minimum atomic E-state index is -0.936. The van der Waals surface area contributed by atoms with E-state index in [1.807, 2.05) is 25.1 Å². The van der Waals surface area contributed by atoms with Crippen LogP contribution in [0.15, 0.2) is 18.2 Å². The lowest BCUT2D eigenvalue weighted by Crippen LogP contribution is -2.36. The third kappa shape index (κ3) is 5.63. The molecular formula is C16H22N2O4. The average molecular weight is 306 g/mol. The molecule has 0 bridgehead atoms. The van der Waals surface area contributed by atoms with Crippen LogP contribution in [-0.4, -0.2) is 30.3 Å². The third-order valence-electron chi connectivity index (χ3n) is 3.46. The number of hydrogen-bond donors (Lipinski definition) is 3. The lowest BCUT2D eigenvalue weighted by atomic mass is 10.1. The highest BCUT2D eigenvalue weighted by atomic mass is 16.5. The molecule has 0 saturated heterocycles. The molecule has 0 radical (unpaired) electrons. The molecule has 120 valence electrons. The Labute approximate surface area is 129 Å². The highest BCUT2D eigenvalue weighted by Gasteiger charge is 2.22. The first-order chi connectivity index (χ1) is 10.5. The number of aryl methyl sites for hydroxylation is 1. The second-order valence-corrected chi connectivity index (χ2v) is 5.62. The summed E-state index contributed by atoms with van der Waals surface area (Å²) < 4.78 is 5.84.